The molecule has 1 aliphatic rings. The largest absolute Gasteiger partial charge is 0.360 e. The Hall–Kier alpha value is -2.83. The quantitative estimate of drug-likeness (QED) is 0.902. The lowest BCUT2D eigenvalue weighted by molar-refractivity contribution is -0.129. The van der Waals surface area contributed by atoms with Crippen molar-refractivity contribution in [2.45, 2.75) is 32.4 Å². The van der Waals surface area contributed by atoms with Crippen LogP contribution in [0.15, 0.2) is 40.9 Å². The number of hydrogen-bond acceptors (Lipinski definition) is 4. The molecule has 1 fully saturated rings. The molecule has 2 N–H and O–H groups in total. The van der Waals surface area contributed by atoms with Gasteiger partial charge in [-0.1, -0.05) is 35.5 Å². The highest BCUT2D eigenvalue weighted by Gasteiger charge is 2.34. The molecule has 1 aromatic heterocycles. The van der Waals surface area contributed by atoms with Crippen LogP contribution in [0.3, 0.4) is 0 Å². The van der Waals surface area contributed by atoms with E-state index in [2.05, 4.69) is 15.8 Å². The van der Waals surface area contributed by atoms with Crippen LogP contribution in [0.2, 0.25) is 0 Å². The molecule has 7 heteroatoms. The minimum atomic E-state index is -0.393. The number of anilines is 1. The van der Waals surface area contributed by atoms with E-state index < -0.39 is 6.03 Å². The van der Waals surface area contributed by atoms with Crippen molar-refractivity contribution < 1.29 is 14.1 Å². The van der Waals surface area contributed by atoms with Crippen molar-refractivity contribution in [3.8, 4) is 0 Å². The number of carbonyl (C=O) groups is 2. The van der Waals surface area contributed by atoms with Crippen LogP contribution < -0.4 is 10.6 Å². The molecule has 2 unspecified atom stereocenters. The van der Waals surface area contributed by atoms with Gasteiger partial charge in [-0.15, -0.1) is 0 Å². The maximum absolute atomic E-state index is 12.3. The van der Waals surface area contributed by atoms with E-state index in [1.165, 1.54) is 0 Å². The Kier molecular flexibility index (Phi) is 4.50. The third-order valence-electron chi connectivity index (χ3n) is 4.11. The molecule has 1 saturated heterocycles. The molecule has 3 amide bonds. The van der Waals surface area contributed by atoms with Crippen molar-refractivity contribution in [2.75, 3.05) is 11.9 Å². The minimum absolute atomic E-state index is 0.0215. The monoisotopic (exact) mass is 328 g/mol. The van der Waals surface area contributed by atoms with Crippen molar-refractivity contribution in [1.82, 2.24) is 15.4 Å². The number of nitrogens with zero attached hydrogens (tertiary/aromatic N) is 2. The van der Waals surface area contributed by atoms with Gasteiger partial charge in [0.25, 0.3) is 0 Å². The third-order valence-corrected chi connectivity index (χ3v) is 4.11. The second-order valence-corrected chi connectivity index (χ2v) is 5.96. The lowest BCUT2D eigenvalue weighted by Crippen LogP contribution is -2.40. The Labute approximate surface area is 140 Å². The summed E-state index contributed by atoms with van der Waals surface area (Å²) < 4.78 is 4.90. The Morgan fingerprint density at radius 1 is 1.38 bits per heavy atom. The number of carbonyl (C=O) groups excluding carboxylic acids is 2. The van der Waals surface area contributed by atoms with Gasteiger partial charge in [0.15, 0.2) is 5.82 Å². The Bertz CT molecular complexity index is 728. The predicted molar refractivity (Wildman–Crippen MR) is 88.4 cm³/mol. The van der Waals surface area contributed by atoms with Crippen molar-refractivity contribution in [1.29, 1.82) is 0 Å². The second kappa shape index (κ2) is 6.74. The molecule has 0 radical (unpaired) electrons. The van der Waals surface area contributed by atoms with Gasteiger partial charge in [0.2, 0.25) is 5.91 Å². The van der Waals surface area contributed by atoms with Crippen LogP contribution in [0, 0.1) is 6.92 Å². The molecule has 2 aromatic rings. The van der Waals surface area contributed by atoms with Crippen molar-refractivity contribution in [2.24, 2.45) is 0 Å². The Morgan fingerprint density at radius 3 is 2.79 bits per heavy atom. The zero-order chi connectivity index (χ0) is 17.1. The first-order chi connectivity index (χ1) is 11.5. The van der Waals surface area contributed by atoms with E-state index in [1.807, 2.05) is 37.3 Å². The third kappa shape index (κ3) is 3.56. The van der Waals surface area contributed by atoms with Gasteiger partial charge in [-0.05, 0) is 19.4 Å². The minimum Gasteiger partial charge on any atom is -0.360 e. The first-order valence-electron chi connectivity index (χ1n) is 7.88. The van der Waals surface area contributed by atoms with Crippen LogP contribution in [0.1, 0.15) is 30.7 Å². The average molecular weight is 328 g/mol. The maximum Gasteiger partial charge on any atom is 0.320 e. The summed E-state index contributed by atoms with van der Waals surface area (Å²) in [7, 11) is 0. The van der Waals surface area contributed by atoms with Crippen LogP contribution in [-0.4, -0.2) is 34.6 Å². The van der Waals surface area contributed by atoms with E-state index in [0.717, 1.165) is 5.56 Å². The smallest absolute Gasteiger partial charge is 0.320 e. The molecule has 1 aliphatic heterocycles. The first kappa shape index (κ1) is 16.0. The van der Waals surface area contributed by atoms with Gasteiger partial charge in [0.1, 0.15) is 5.76 Å². The molecule has 0 saturated carbocycles. The summed E-state index contributed by atoms with van der Waals surface area (Å²) in [6.07, 6.45) is 0.294. The zero-order valence-electron chi connectivity index (χ0n) is 13.7. The van der Waals surface area contributed by atoms with E-state index >= 15 is 0 Å². The maximum atomic E-state index is 12.3. The summed E-state index contributed by atoms with van der Waals surface area (Å²) in [5.41, 5.74) is 1.08. The fraction of sp³-hybridized carbons (Fsp3) is 0.353. The van der Waals surface area contributed by atoms with E-state index in [9.17, 15) is 9.59 Å². The number of rotatable bonds is 4. The van der Waals surface area contributed by atoms with Crippen LogP contribution in [0.4, 0.5) is 10.6 Å². The van der Waals surface area contributed by atoms with E-state index in [4.69, 9.17) is 4.52 Å². The van der Waals surface area contributed by atoms with Gasteiger partial charge in [0, 0.05) is 19.0 Å². The van der Waals surface area contributed by atoms with Gasteiger partial charge in [-0.3, -0.25) is 10.1 Å². The predicted octanol–water partition coefficient (Wildman–Crippen LogP) is 2.47. The first-order valence-corrected chi connectivity index (χ1v) is 7.88. The number of likely N-dealkylation sites (tertiary alicyclic amines) is 1. The number of aryl methyl sites for hydroxylation is 1. The van der Waals surface area contributed by atoms with Crippen molar-refractivity contribution in [3.63, 3.8) is 0 Å². The van der Waals surface area contributed by atoms with Gasteiger partial charge < -0.3 is 14.7 Å². The summed E-state index contributed by atoms with van der Waals surface area (Å²) in [5, 5.41) is 9.11. The Balaban J connectivity index is 1.57. The molecule has 2 heterocycles. The van der Waals surface area contributed by atoms with Crippen LogP contribution in [-0.2, 0) is 4.79 Å². The number of hydrogen-bond donors (Lipinski definition) is 2. The van der Waals surface area contributed by atoms with Crippen LogP contribution in [0.5, 0.6) is 0 Å². The second-order valence-electron chi connectivity index (χ2n) is 5.96. The highest BCUT2D eigenvalue weighted by molar-refractivity contribution is 5.89. The molecule has 2 atom stereocenters. The van der Waals surface area contributed by atoms with Gasteiger partial charge in [-0.2, -0.15) is 0 Å². The summed E-state index contributed by atoms with van der Waals surface area (Å²) >= 11 is 0. The van der Waals surface area contributed by atoms with E-state index in [1.54, 1.807) is 17.9 Å². The van der Waals surface area contributed by atoms with Gasteiger partial charge in [0.05, 0.1) is 12.1 Å². The fourth-order valence-electron chi connectivity index (χ4n) is 2.88. The summed E-state index contributed by atoms with van der Waals surface area (Å²) in [6.45, 7) is 4.22. The number of aromatic nitrogens is 1. The number of benzene rings is 1. The standard InChI is InChI=1S/C17H20N4O3/c1-11-8-15(20-24-11)19-17(23)18-14-9-16(22)21(10-14)12(2)13-6-4-3-5-7-13/h3-8,12,14H,9-10H2,1-2H3,(H2,18,19,20,23). The molecular weight excluding hydrogens is 308 g/mol. The van der Waals surface area contributed by atoms with Crippen molar-refractivity contribution in [3.05, 3.63) is 47.7 Å². The molecule has 126 valence electrons. The SMILES string of the molecule is Cc1cc(NC(=O)NC2CC(=O)N(C(C)c3ccccc3)C2)no1. The molecular formula is C17H20N4O3. The number of nitrogens with one attached hydrogen (secondary N) is 2. The number of amides is 3. The normalized spacial score (nSPS) is 18.5. The molecule has 1 aromatic carbocycles. The molecule has 3 rings (SSSR count). The molecule has 7 nitrogen and oxygen atoms in total. The zero-order valence-corrected chi connectivity index (χ0v) is 13.7. The molecule has 24 heavy (non-hydrogen) atoms. The van der Waals surface area contributed by atoms with E-state index in [0.29, 0.717) is 24.5 Å². The number of urea groups is 1. The Morgan fingerprint density at radius 2 is 2.12 bits per heavy atom. The van der Waals surface area contributed by atoms with Crippen LogP contribution >= 0.6 is 0 Å². The fourth-order valence-corrected chi connectivity index (χ4v) is 2.88. The van der Waals surface area contributed by atoms with Crippen LogP contribution in [0.25, 0.3) is 0 Å². The highest BCUT2D eigenvalue weighted by Crippen LogP contribution is 2.25. The molecule has 0 aliphatic carbocycles. The lowest BCUT2D eigenvalue weighted by Gasteiger charge is -2.25. The van der Waals surface area contributed by atoms with Gasteiger partial charge >= 0.3 is 6.03 Å². The lowest BCUT2D eigenvalue weighted by atomic mass is 10.1. The van der Waals surface area contributed by atoms with E-state index in [-0.39, 0.29) is 18.0 Å². The van der Waals surface area contributed by atoms with Gasteiger partial charge in [-0.25, -0.2) is 4.79 Å². The molecule has 0 spiro atoms. The molecule has 0 bridgehead atoms. The topological polar surface area (TPSA) is 87.5 Å². The summed E-state index contributed by atoms with van der Waals surface area (Å²) in [5.74, 6) is 1.00. The average Bonchev–Trinajstić information content (AvgIpc) is 3.13. The highest BCUT2D eigenvalue weighted by atomic mass is 16.5. The summed E-state index contributed by atoms with van der Waals surface area (Å²) in [6, 6.07) is 10.8. The van der Waals surface area contributed by atoms with Crippen molar-refractivity contribution >= 4 is 17.8 Å². The summed E-state index contributed by atoms with van der Waals surface area (Å²) in [4.78, 5) is 26.1.